The molecule has 0 aromatic carbocycles. The maximum absolute atomic E-state index is 12.0. The van der Waals surface area contributed by atoms with E-state index in [2.05, 4.69) is 21.7 Å². The Bertz CT molecular complexity index is 505. The third-order valence-electron chi connectivity index (χ3n) is 5.32. The standard InChI is InChI=1S/C16H22N2O/c19-16-6-3-5-13-12(16)7-11-18(13)15-8-10-17-9-2-1-4-14(15)17/h7,11,14-15H,1-6,8-10H2. The summed E-state index contributed by atoms with van der Waals surface area (Å²) in [6.45, 7) is 2.53. The molecule has 1 aromatic heterocycles. The highest BCUT2D eigenvalue weighted by molar-refractivity contribution is 5.98. The van der Waals surface area contributed by atoms with Gasteiger partial charge in [0.25, 0.3) is 0 Å². The second kappa shape index (κ2) is 4.48. The second-order valence-electron chi connectivity index (χ2n) is 6.32. The van der Waals surface area contributed by atoms with Crippen molar-refractivity contribution in [1.82, 2.24) is 9.47 Å². The maximum atomic E-state index is 12.0. The van der Waals surface area contributed by atoms with E-state index >= 15 is 0 Å². The number of carbonyl (C=O) groups is 1. The van der Waals surface area contributed by atoms with Gasteiger partial charge in [-0.15, -0.1) is 0 Å². The summed E-state index contributed by atoms with van der Waals surface area (Å²) >= 11 is 0. The fraction of sp³-hybridized carbons (Fsp3) is 0.688. The summed E-state index contributed by atoms with van der Waals surface area (Å²) in [6.07, 6.45) is 10.4. The van der Waals surface area contributed by atoms with Crippen molar-refractivity contribution >= 4 is 5.78 Å². The molecule has 3 aliphatic rings. The van der Waals surface area contributed by atoms with Crippen LogP contribution in [0.5, 0.6) is 0 Å². The van der Waals surface area contributed by atoms with Gasteiger partial charge in [0.2, 0.25) is 0 Å². The lowest BCUT2D eigenvalue weighted by atomic mass is 9.95. The van der Waals surface area contributed by atoms with Crippen LogP contribution in [0, 0.1) is 0 Å². The quantitative estimate of drug-likeness (QED) is 0.774. The minimum Gasteiger partial charge on any atom is -0.346 e. The van der Waals surface area contributed by atoms with E-state index in [0.29, 0.717) is 11.8 Å². The Morgan fingerprint density at radius 2 is 1.95 bits per heavy atom. The monoisotopic (exact) mass is 258 g/mol. The fourth-order valence-electron chi connectivity index (χ4n) is 4.40. The van der Waals surface area contributed by atoms with E-state index in [0.717, 1.165) is 30.9 Å². The van der Waals surface area contributed by atoms with Crippen LogP contribution in [0.4, 0.5) is 0 Å². The van der Waals surface area contributed by atoms with E-state index in [1.54, 1.807) is 0 Å². The molecule has 102 valence electrons. The largest absolute Gasteiger partial charge is 0.346 e. The van der Waals surface area contributed by atoms with Crippen LogP contribution in [-0.4, -0.2) is 34.4 Å². The average Bonchev–Trinajstić information content (AvgIpc) is 3.02. The van der Waals surface area contributed by atoms with Gasteiger partial charge in [0.05, 0.1) is 6.04 Å². The van der Waals surface area contributed by atoms with Gasteiger partial charge < -0.3 is 4.57 Å². The van der Waals surface area contributed by atoms with E-state index in [9.17, 15) is 4.79 Å². The Morgan fingerprint density at radius 3 is 2.89 bits per heavy atom. The van der Waals surface area contributed by atoms with Gasteiger partial charge in [0.1, 0.15) is 0 Å². The molecule has 0 amide bonds. The van der Waals surface area contributed by atoms with Crippen molar-refractivity contribution < 1.29 is 4.79 Å². The highest BCUT2D eigenvalue weighted by Crippen LogP contribution is 2.37. The molecule has 2 fully saturated rings. The van der Waals surface area contributed by atoms with Gasteiger partial charge in [-0.1, -0.05) is 6.42 Å². The van der Waals surface area contributed by atoms with E-state index in [1.807, 2.05) is 0 Å². The lowest BCUT2D eigenvalue weighted by Crippen LogP contribution is -2.38. The molecular formula is C16H22N2O. The zero-order valence-corrected chi connectivity index (χ0v) is 11.5. The summed E-state index contributed by atoms with van der Waals surface area (Å²) in [7, 11) is 0. The Balaban J connectivity index is 1.68. The van der Waals surface area contributed by atoms with Crippen LogP contribution in [0.25, 0.3) is 0 Å². The molecular weight excluding hydrogens is 236 g/mol. The number of nitrogens with zero attached hydrogens (tertiary/aromatic N) is 2. The number of carbonyl (C=O) groups excluding carboxylic acids is 1. The fourth-order valence-corrected chi connectivity index (χ4v) is 4.40. The number of ketones is 1. The van der Waals surface area contributed by atoms with Gasteiger partial charge in [-0.25, -0.2) is 0 Å². The number of hydrogen-bond donors (Lipinski definition) is 0. The van der Waals surface area contributed by atoms with Crippen LogP contribution in [0.2, 0.25) is 0 Å². The van der Waals surface area contributed by atoms with Crippen LogP contribution in [0.15, 0.2) is 12.3 Å². The molecule has 0 spiro atoms. The first-order chi connectivity index (χ1) is 9.34. The Hall–Kier alpha value is -1.09. The lowest BCUT2D eigenvalue weighted by Gasteiger charge is -2.33. The zero-order chi connectivity index (χ0) is 12.8. The molecule has 0 bridgehead atoms. The minimum atomic E-state index is 0.360. The molecule has 0 saturated carbocycles. The highest BCUT2D eigenvalue weighted by Gasteiger charge is 2.37. The topological polar surface area (TPSA) is 25.2 Å². The Kier molecular flexibility index (Phi) is 2.76. The molecule has 2 atom stereocenters. The predicted octanol–water partition coefficient (Wildman–Crippen LogP) is 2.81. The summed E-state index contributed by atoms with van der Waals surface area (Å²) in [5.74, 6) is 0.360. The van der Waals surface area contributed by atoms with Crippen molar-refractivity contribution in [1.29, 1.82) is 0 Å². The number of piperidine rings is 1. The molecule has 0 N–H and O–H groups in total. The molecule has 4 rings (SSSR count). The van der Waals surface area contributed by atoms with Gasteiger partial charge in [-0.2, -0.15) is 0 Å². The van der Waals surface area contributed by atoms with Gasteiger partial charge in [-0.05, 0) is 44.7 Å². The molecule has 2 unspecified atom stereocenters. The summed E-state index contributed by atoms with van der Waals surface area (Å²) in [5, 5.41) is 0. The molecule has 2 aliphatic heterocycles. The predicted molar refractivity (Wildman–Crippen MR) is 74.6 cm³/mol. The molecule has 2 saturated heterocycles. The third kappa shape index (κ3) is 1.78. The van der Waals surface area contributed by atoms with E-state index in [4.69, 9.17) is 0 Å². The zero-order valence-electron chi connectivity index (χ0n) is 11.5. The molecule has 1 aromatic rings. The van der Waals surface area contributed by atoms with Gasteiger partial charge >= 0.3 is 0 Å². The van der Waals surface area contributed by atoms with Crippen molar-refractivity contribution in [2.24, 2.45) is 0 Å². The van der Waals surface area contributed by atoms with Gasteiger partial charge in [-0.3, -0.25) is 9.69 Å². The van der Waals surface area contributed by atoms with Crippen LogP contribution in [-0.2, 0) is 6.42 Å². The van der Waals surface area contributed by atoms with Crippen LogP contribution in [0.1, 0.15) is 60.6 Å². The normalized spacial score (nSPS) is 31.3. The number of rotatable bonds is 1. The van der Waals surface area contributed by atoms with E-state index in [1.165, 1.54) is 44.5 Å². The number of aromatic nitrogens is 1. The number of hydrogen-bond acceptors (Lipinski definition) is 2. The van der Waals surface area contributed by atoms with Crippen LogP contribution < -0.4 is 0 Å². The molecule has 3 nitrogen and oxygen atoms in total. The summed E-state index contributed by atoms with van der Waals surface area (Å²) in [4.78, 5) is 14.6. The second-order valence-corrected chi connectivity index (χ2v) is 6.32. The van der Waals surface area contributed by atoms with Crippen molar-refractivity contribution in [3.63, 3.8) is 0 Å². The molecule has 1 aliphatic carbocycles. The maximum Gasteiger partial charge on any atom is 0.164 e. The summed E-state index contributed by atoms with van der Waals surface area (Å²) < 4.78 is 2.46. The Labute approximate surface area is 114 Å². The first-order valence-electron chi connectivity index (χ1n) is 7.81. The van der Waals surface area contributed by atoms with Crippen molar-refractivity contribution in [2.45, 2.75) is 57.0 Å². The first kappa shape index (κ1) is 11.7. The van der Waals surface area contributed by atoms with Crippen molar-refractivity contribution in [3.8, 4) is 0 Å². The smallest absolute Gasteiger partial charge is 0.164 e. The Morgan fingerprint density at radius 1 is 1.00 bits per heavy atom. The minimum absolute atomic E-state index is 0.360. The first-order valence-corrected chi connectivity index (χ1v) is 7.81. The molecule has 3 heterocycles. The van der Waals surface area contributed by atoms with Crippen LogP contribution >= 0.6 is 0 Å². The molecule has 0 radical (unpaired) electrons. The van der Waals surface area contributed by atoms with Gasteiger partial charge in [0, 0.05) is 36.5 Å². The van der Waals surface area contributed by atoms with Crippen molar-refractivity contribution in [3.05, 3.63) is 23.5 Å². The molecule has 3 heteroatoms. The van der Waals surface area contributed by atoms with E-state index < -0.39 is 0 Å². The van der Waals surface area contributed by atoms with E-state index in [-0.39, 0.29) is 0 Å². The number of Topliss-reactive ketones (excluding diaryl/α,β-unsaturated/α-hetero) is 1. The third-order valence-corrected chi connectivity index (χ3v) is 5.32. The summed E-state index contributed by atoms with van der Waals surface area (Å²) in [6, 6.07) is 3.42. The SMILES string of the molecule is O=C1CCCc2c1ccn2C1CCN2CCCCC12. The van der Waals surface area contributed by atoms with Gasteiger partial charge in [0.15, 0.2) is 5.78 Å². The average molecular weight is 258 g/mol. The molecule has 19 heavy (non-hydrogen) atoms. The van der Waals surface area contributed by atoms with Crippen LogP contribution in [0.3, 0.4) is 0 Å². The summed E-state index contributed by atoms with van der Waals surface area (Å²) in [5.41, 5.74) is 2.34. The lowest BCUT2D eigenvalue weighted by molar-refractivity contribution is 0.0971. The van der Waals surface area contributed by atoms with Crippen molar-refractivity contribution in [2.75, 3.05) is 13.1 Å². The number of fused-ring (bicyclic) bond motifs is 2. The highest BCUT2D eigenvalue weighted by atomic mass is 16.1.